The number of hydrogen-bond donors (Lipinski definition) is 1. The second-order valence-corrected chi connectivity index (χ2v) is 4.58. The maximum absolute atomic E-state index is 5.89. The van der Waals surface area contributed by atoms with Crippen molar-refractivity contribution in [2.45, 2.75) is 40.2 Å². The lowest BCUT2D eigenvalue weighted by atomic mass is 10.0. The molecule has 1 heteroatoms. The topological polar surface area (TPSA) is 26.0 Å². The van der Waals surface area contributed by atoms with Crippen LogP contribution < -0.4 is 5.73 Å². The van der Waals surface area contributed by atoms with E-state index in [1.165, 1.54) is 6.42 Å². The third-order valence-corrected chi connectivity index (χ3v) is 2.86. The third-order valence-electron chi connectivity index (χ3n) is 2.86. The van der Waals surface area contributed by atoms with Crippen molar-refractivity contribution in [2.24, 2.45) is 23.0 Å². The zero-order valence-electron chi connectivity index (χ0n) is 7.52. The molecule has 0 radical (unpaired) electrons. The van der Waals surface area contributed by atoms with Crippen molar-refractivity contribution in [3.63, 3.8) is 0 Å². The van der Waals surface area contributed by atoms with E-state index in [2.05, 4.69) is 27.7 Å². The molecule has 60 valence electrons. The summed E-state index contributed by atoms with van der Waals surface area (Å²) in [5.41, 5.74) is 6.33. The van der Waals surface area contributed by atoms with Gasteiger partial charge in [0.2, 0.25) is 0 Å². The average molecular weight is 141 g/mol. The van der Waals surface area contributed by atoms with Crippen LogP contribution in [-0.2, 0) is 0 Å². The summed E-state index contributed by atoms with van der Waals surface area (Å²) in [5, 5.41) is 0. The van der Waals surface area contributed by atoms with E-state index >= 15 is 0 Å². The van der Waals surface area contributed by atoms with Crippen molar-refractivity contribution >= 4 is 0 Å². The Labute approximate surface area is 64.0 Å². The lowest BCUT2D eigenvalue weighted by Crippen LogP contribution is -2.06. The van der Waals surface area contributed by atoms with Crippen LogP contribution in [-0.4, -0.2) is 6.04 Å². The minimum absolute atomic E-state index is 0.435. The Kier molecular flexibility index (Phi) is 1.80. The van der Waals surface area contributed by atoms with E-state index in [0.717, 1.165) is 11.8 Å². The molecule has 1 rings (SSSR count). The highest BCUT2D eigenvalue weighted by molar-refractivity contribution is 5.08. The average Bonchev–Trinajstić information content (AvgIpc) is 2.17. The zero-order chi connectivity index (χ0) is 7.94. The van der Waals surface area contributed by atoms with Crippen LogP contribution in [0, 0.1) is 17.3 Å². The molecule has 0 aromatic carbocycles. The van der Waals surface area contributed by atoms with E-state index in [4.69, 9.17) is 5.73 Å². The monoisotopic (exact) mass is 141 g/mol. The predicted molar refractivity (Wildman–Crippen MR) is 44.7 cm³/mol. The van der Waals surface area contributed by atoms with Gasteiger partial charge < -0.3 is 5.73 Å². The van der Waals surface area contributed by atoms with Crippen molar-refractivity contribution in [2.75, 3.05) is 0 Å². The molecule has 1 aliphatic rings. The largest absolute Gasteiger partial charge is 0.327 e. The van der Waals surface area contributed by atoms with Crippen LogP contribution in [0.15, 0.2) is 0 Å². The molecule has 0 heterocycles. The normalized spacial score (nSPS) is 36.6. The smallest absolute Gasteiger partial charge is 0.0128 e. The van der Waals surface area contributed by atoms with Crippen LogP contribution in [0.4, 0.5) is 0 Å². The van der Waals surface area contributed by atoms with Gasteiger partial charge in [0.05, 0.1) is 0 Å². The summed E-state index contributed by atoms with van der Waals surface area (Å²) in [4.78, 5) is 0. The highest BCUT2D eigenvalue weighted by Crippen LogP contribution is 2.53. The van der Waals surface area contributed by atoms with Gasteiger partial charge in [0, 0.05) is 6.04 Å². The third kappa shape index (κ3) is 1.20. The molecule has 0 aromatic rings. The zero-order valence-corrected chi connectivity index (χ0v) is 7.52. The maximum Gasteiger partial charge on any atom is 0.0128 e. The summed E-state index contributed by atoms with van der Waals surface area (Å²) in [6, 6.07) is 0.467. The summed E-state index contributed by atoms with van der Waals surface area (Å²) in [6.45, 7) is 9.07. The van der Waals surface area contributed by atoms with Gasteiger partial charge in [0.1, 0.15) is 0 Å². The second kappa shape index (κ2) is 2.23. The van der Waals surface area contributed by atoms with Gasteiger partial charge in [-0.2, -0.15) is 0 Å². The van der Waals surface area contributed by atoms with Gasteiger partial charge in [-0.15, -0.1) is 0 Å². The van der Waals surface area contributed by atoms with E-state index in [0.29, 0.717) is 11.5 Å². The SMILES string of the molecule is CC(C)CC1C(N)C1(C)C. The Morgan fingerprint density at radius 1 is 1.40 bits per heavy atom. The molecule has 1 nitrogen and oxygen atoms in total. The van der Waals surface area contributed by atoms with Gasteiger partial charge in [-0.1, -0.05) is 27.7 Å². The van der Waals surface area contributed by atoms with Crippen LogP contribution in [0.2, 0.25) is 0 Å². The van der Waals surface area contributed by atoms with E-state index in [1.54, 1.807) is 0 Å². The van der Waals surface area contributed by atoms with Crippen molar-refractivity contribution in [1.82, 2.24) is 0 Å². The number of hydrogen-bond acceptors (Lipinski definition) is 1. The summed E-state index contributed by atoms with van der Waals surface area (Å²) >= 11 is 0. The van der Waals surface area contributed by atoms with Crippen LogP contribution in [0.3, 0.4) is 0 Å². The molecular formula is C9H19N. The molecule has 2 N–H and O–H groups in total. The fraction of sp³-hybridized carbons (Fsp3) is 1.00. The molecule has 1 fully saturated rings. The van der Waals surface area contributed by atoms with E-state index in [9.17, 15) is 0 Å². The fourth-order valence-electron chi connectivity index (χ4n) is 1.74. The van der Waals surface area contributed by atoms with E-state index < -0.39 is 0 Å². The second-order valence-electron chi connectivity index (χ2n) is 4.58. The predicted octanol–water partition coefficient (Wildman–Crippen LogP) is 2.02. The molecule has 1 saturated carbocycles. The van der Waals surface area contributed by atoms with Crippen LogP contribution in [0.25, 0.3) is 0 Å². The van der Waals surface area contributed by atoms with Gasteiger partial charge in [-0.3, -0.25) is 0 Å². The molecule has 0 bridgehead atoms. The van der Waals surface area contributed by atoms with Crippen LogP contribution in [0.1, 0.15) is 34.1 Å². The quantitative estimate of drug-likeness (QED) is 0.625. The molecule has 0 aromatic heterocycles. The first-order valence-corrected chi connectivity index (χ1v) is 4.22. The standard InChI is InChI=1S/C9H19N/c1-6(2)5-7-8(10)9(7,3)4/h6-8H,5,10H2,1-4H3. The fourth-order valence-corrected chi connectivity index (χ4v) is 1.74. The summed E-state index contributed by atoms with van der Waals surface area (Å²) in [6.07, 6.45) is 1.30. The van der Waals surface area contributed by atoms with Gasteiger partial charge >= 0.3 is 0 Å². The van der Waals surface area contributed by atoms with Gasteiger partial charge in [0.15, 0.2) is 0 Å². The van der Waals surface area contributed by atoms with E-state index in [-0.39, 0.29) is 0 Å². The molecule has 2 atom stereocenters. The van der Waals surface area contributed by atoms with Gasteiger partial charge in [-0.05, 0) is 23.7 Å². The lowest BCUT2D eigenvalue weighted by molar-refractivity contribution is 0.462. The summed E-state index contributed by atoms with van der Waals surface area (Å²) in [7, 11) is 0. The summed E-state index contributed by atoms with van der Waals surface area (Å²) in [5.74, 6) is 1.59. The van der Waals surface area contributed by atoms with E-state index in [1.807, 2.05) is 0 Å². The minimum atomic E-state index is 0.435. The molecule has 0 saturated heterocycles. The number of nitrogens with two attached hydrogens (primary N) is 1. The lowest BCUT2D eigenvalue weighted by Gasteiger charge is -2.04. The van der Waals surface area contributed by atoms with Crippen LogP contribution >= 0.6 is 0 Å². The van der Waals surface area contributed by atoms with Gasteiger partial charge in [-0.25, -0.2) is 0 Å². The Bertz CT molecular complexity index is 127. The molecule has 10 heavy (non-hydrogen) atoms. The minimum Gasteiger partial charge on any atom is -0.327 e. The molecule has 0 spiro atoms. The van der Waals surface area contributed by atoms with Crippen molar-refractivity contribution in [1.29, 1.82) is 0 Å². The van der Waals surface area contributed by atoms with Crippen molar-refractivity contribution < 1.29 is 0 Å². The molecular weight excluding hydrogens is 122 g/mol. The van der Waals surface area contributed by atoms with Crippen molar-refractivity contribution in [3.8, 4) is 0 Å². The van der Waals surface area contributed by atoms with Crippen LogP contribution in [0.5, 0.6) is 0 Å². The highest BCUT2D eigenvalue weighted by Gasteiger charge is 2.54. The maximum atomic E-state index is 5.89. The first kappa shape index (κ1) is 8.06. The highest BCUT2D eigenvalue weighted by atomic mass is 14.8. The Balaban J connectivity index is 2.35. The summed E-state index contributed by atoms with van der Waals surface area (Å²) < 4.78 is 0. The molecule has 0 amide bonds. The molecule has 0 aliphatic heterocycles. The van der Waals surface area contributed by atoms with Gasteiger partial charge in [0.25, 0.3) is 0 Å². The Morgan fingerprint density at radius 3 is 1.90 bits per heavy atom. The Hall–Kier alpha value is -0.0400. The van der Waals surface area contributed by atoms with Crippen molar-refractivity contribution in [3.05, 3.63) is 0 Å². The first-order chi connectivity index (χ1) is 4.46. The molecule has 1 aliphatic carbocycles. The Morgan fingerprint density at radius 2 is 1.80 bits per heavy atom. The number of rotatable bonds is 2. The molecule has 2 unspecified atom stereocenters. The first-order valence-electron chi connectivity index (χ1n) is 4.22.